The average molecular weight is 518 g/mol. The standard InChI is InChI=1S/C27H34N9.2CH4/c1-33-18-19-34(2)26(33)31-29-24-11-9-22(10-12-24)8-6-5-7-17-28-23-13-15-25(16-14-23)30-32-27-35(3)20-21-36(27)4;;/h9-16,18-21H,5-8,17H2,1-4H3;2*1H4/q+1;;/p+1. The summed E-state index contributed by atoms with van der Waals surface area (Å²) in [7, 11) is 7.84. The highest BCUT2D eigenvalue weighted by molar-refractivity contribution is 5.50. The molecule has 0 saturated heterocycles. The summed E-state index contributed by atoms with van der Waals surface area (Å²) in [6.07, 6.45) is 12.4. The molecule has 0 atom stereocenters. The second-order valence-corrected chi connectivity index (χ2v) is 8.99. The van der Waals surface area contributed by atoms with Gasteiger partial charge in [0.1, 0.15) is 11.4 Å². The molecule has 9 heteroatoms. The normalized spacial score (nSPS) is 11.1. The fourth-order valence-corrected chi connectivity index (χ4v) is 3.89. The fraction of sp³-hybridized carbons (Fsp3) is 0.379. The monoisotopic (exact) mass is 517 g/mol. The van der Waals surface area contributed by atoms with E-state index >= 15 is 0 Å². The highest BCUT2D eigenvalue weighted by Gasteiger charge is 2.11. The topological polar surface area (TPSA) is 79.1 Å². The number of anilines is 1. The van der Waals surface area contributed by atoms with Crippen molar-refractivity contribution in [3.05, 3.63) is 78.9 Å². The quantitative estimate of drug-likeness (QED) is 0.130. The van der Waals surface area contributed by atoms with Gasteiger partial charge >= 0.3 is 11.9 Å². The number of imidazole rings is 2. The molecule has 0 bridgehead atoms. The summed E-state index contributed by atoms with van der Waals surface area (Å²) in [6, 6.07) is 16.4. The van der Waals surface area contributed by atoms with Crippen LogP contribution in [-0.2, 0) is 34.6 Å². The number of nitrogens with zero attached hydrogens (tertiary/aromatic N) is 8. The molecule has 0 unspecified atom stereocenters. The molecule has 4 rings (SSSR count). The maximum Gasteiger partial charge on any atom is 0.421 e. The minimum Gasteiger partial charge on any atom is -0.385 e. The van der Waals surface area contributed by atoms with Crippen LogP contribution in [0.15, 0.2) is 93.8 Å². The van der Waals surface area contributed by atoms with Gasteiger partial charge in [0.2, 0.25) is 0 Å². The highest BCUT2D eigenvalue weighted by atomic mass is 15.3. The van der Waals surface area contributed by atoms with Crippen LogP contribution in [-0.4, -0.2) is 15.7 Å². The largest absolute Gasteiger partial charge is 0.421 e. The van der Waals surface area contributed by atoms with Gasteiger partial charge in [0, 0.05) is 22.5 Å². The van der Waals surface area contributed by atoms with Crippen molar-refractivity contribution in [2.24, 2.45) is 48.6 Å². The molecule has 1 N–H and O–H groups in total. The average Bonchev–Trinajstić information content (AvgIpc) is 3.39. The lowest BCUT2D eigenvalue weighted by atomic mass is 10.1. The van der Waals surface area contributed by atoms with Gasteiger partial charge < -0.3 is 5.32 Å². The smallest absolute Gasteiger partial charge is 0.385 e. The molecule has 0 spiro atoms. The van der Waals surface area contributed by atoms with Gasteiger partial charge in [-0.3, -0.25) is 0 Å². The number of azo groups is 2. The molecule has 0 aliphatic carbocycles. The summed E-state index contributed by atoms with van der Waals surface area (Å²) in [5, 5.41) is 20.9. The van der Waals surface area contributed by atoms with Gasteiger partial charge in [-0.15, -0.1) is 0 Å². The molecule has 202 valence electrons. The first-order chi connectivity index (χ1) is 17.5. The number of benzene rings is 2. The number of hydrogen-bond acceptors (Lipinski definition) is 5. The first kappa shape index (κ1) is 30.1. The Labute approximate surface area is 227 Å². The van der Waals surface area contributed by atoms with Crippen molar-refractivity contribution in [2.75, 3.05) is 11.9 Å². The predicted octanol–water partition coefficient (Wildman–Crippen LogP) is 6.94. The minimum atomic E-state index is 0. The van der Waals surface area contributed by atoms with Gasteiger partial charge in [-0.2, -0.15) is 0 Å². The van der Waals surface area contributed by atoms with E-state index in [1.807, 2.05) is 95.5 Å². The maximum atomic E-state index is 4.36. The van der Waals surface area contributed by atoms with Gasteiger partial charge in [0.25, 0.3) is 0 Å². The maximum absolute atomic E-state index is 4.36. The zero-order valence-corrected chi connectivity index (χ0v) is 21.5. The van der Waals surface area contributed by atoms with E-state index in [4.69, 9.17) is 0 Å². The van der Waals surface area contributed by atoms with Crippen molar-refractivity contribution >= 4 is 29.0 Å². The molecule has 0 radical (unpaired) electrons. The molecule has 9 nitrogen and oxygen atoms in total. The summed E-state index contributed by atoms with van der Waals surface area (Å²) in [5.74, 6) is 1.61. The van der Waals surface area contributed by atoms with Crippen molar-refractivity contribution in [1.29, 1.82) is 0 Å². The molecule has 0 fully saturated rings. The van der Waals surface area contributed by atoms with Crippen LogP contribution < -0.4 is 14.5 Å². The number of rotatable bonds is 11. The number of hydrogen-bond donors (Lipinski definition) is 1. The number of unbranched alkanes of at least 4 members (excludes halogenated alkanes) is 2. The Morgan fingerprint density at radius 2 is 1.16 bits per heavy atom. The van der Waals surface area contributed by atoms with E-state index in [1.54, 1.807) is 0 Å². The zero-order chi connectivity index (χ0) is 25.3. The van der Waals surface area contributed by atoms with E-state index in [0.717, 1.165) is 54.8 Å². The van der Waals surface area contributed by atoms with Gasteiger partial charge in [-0.25, -0.2) is 18.3 Å². The van der Waals surface area contributed by atoms with Crippen LogP contribution in [0.2, 0.25) is 0 Å². The van der Waals surface area contributed by atoms with Crippen LogP contribution in [0.4, 0.5) is 29.0 Å². The summed E-state index contributed by atoms with van der Waals surface area (Å²) in [4.78, 5) is 0. The highest BCUT2D eigenvalue weighted by Crippen LogP contribution is 2.20. The van der Waals surface area contributed by atoms with Crippen molar-refractivity contribution < 1.29 is 9.13 Å². The van der Waals surface area contributed by atoms with E-state index in [9.17, 15) is 0 Å². The Bertz CT molecular complexity index is 1170. The van der Waals surface area contributed by atoms with Crippen LogP contribution in [0.3, 0.4) is 0 Å². The first-order valence-electron chi connectivity index (χ1n) is 12.3. The van der Waals surface area contributed by atoms with Crippen LogP contribution in [0.5, 0.6) is 0 Å². The summed E-state index contributed by atoms with van der Waals surface area (Å²) >= 11 is 0. The fourth-order valence-electron chi connectivity index (χ4n) is 3.89. The third kappa shape index (κ3) is 8.19. The molecule has 0 saturated carbocycles. The van der Waals surface area contributed by atoms with Crippen molar-refractivity contribution in [1.82, 2.24) is 9.13 Å². The summed E-state index contributed by atoms with van der Waals surface area (Å²) in [6.45, 7) is 0.954. The molecule has 2 heterocycles. The van der Waals surface area contributed by atoms with E-state index in [-0.39, 0.29) is 14.9 Å². The molecular weight excluding hydrogens is 474 g/mol. The molecule has 4 aromatic rings. The third-order valence-electron chi connectivity index (χ3n) is 6.07. The van der Waals surface area contributed by atoms with E-state index in [0.29, 0.717) is 0 Å². The Kier molecular flexibility index (Phi) is 11.5. The Balaban J connectivity index is 0.00000253. The molecule has 2 aromatic heterocycles. The van der Waals surface area contributed by atoms with Crippen LogP contribution >= 0.6 is 0 Å². The molecule has 0 aliphatic rings. The number of aromatic nitrogens is 4. The zero-order valence-electron chi connectivity index (χ0n) is 21.5. The second kappa shape index (κ2) is 14.6. The molecule has 2 aromatic carbocycles. The second-order valence-electron chi connectivity index (χ2n) is 8.99. The molecule has 38 heavy (non-hydrogen) atoms. The van der Waals surface area contributed by atoms with Gasteiger partial charge in [-0.1, -0.05) is 43.6 Å². The number of nitrogens with one attached hydrogen (secondary N) is 1. The molecular formula is C29H43N9+2. The SMILES string of the molecule is C.C.Cn1cc[n+](C)c1N=Nc1ccc(CCCCCNc2ccc(N=Nc3n(C)cc[n+]3C)cc2)cc1. The van der Waals surface area contributed by atoms with Crippen molar-refractivity contribution in [3.63, 3.8) is 0 Å². The third-order valence-corrected chi connectivity index (χ3v) is 6.07. The lowest BCUT2D eigenvalue weighted by Gasteiger charge is -2.06. The van der Waals surface area contributed by atoms with E-state index in [1.165, 1.54) is 12.0 Å². The molecule has 0 amide bonds. The van der Waals surface area contributed by atoms with Gasteiger partial charge in [-0.05, 0) is 61.2 Å². The van der Waals surface area contributed by atoms with Gasteiger partial charge in [0.15, 0.2) is 0 Å². The number of aryl methyl sites for hydroxylation is 5. The molecule has 0 aliphatic heterocycles. The lowest BCUT2D eigenvalue weighted by molar-refractivity contribution is -0.657. The van der Waals surface area contributed by atoms with Crippen molar-refractivity contribution in [2.45, 2.75) is 40.5 Å². The Morgan fingerprint density at radius 3 is 1.63 bits per heavy atom. The summed E-state index contributed by atoms with van der Waals surface area (Å²) < 4.78 is 7.77. The van der Waals surface area contributed by atoms with Crippen LogP contribution in [0.1, 0.15) is 39.7 Å². The van der Waals surface area contributed by atoms with Crippen LogP contribution in [0, 0.1) is 0 Å². The van der Waals surface area contributed by atoms with Crippen molar-refractivity contribution in [3.8, 4) is 0 Å². The minimum absolute atomic E-state index is 0. The summed E-state index contributed by atoms with van der Waals surface area (Å²) in [5.41, 5.74) is 4.14. The lowest BCUT2D eigenvalue weighted by Crippen LogP contribution is -2.25. The van der Waals surface area contributed by atoms with Crippen LogP contribution in [0.25, 0.3) is 0 Å². The van der Waals surface area contributed by atoms with Gasteiger partial charge in [0.05, 0.1) is 53.0 Å². The van der Waals surface area contributed by atoms with E-state index in [2.05, 4.69) is 50.0 Å². The van der Waals surface area contributed by atoms with E-state index < -0.39 is 0 Å². The Hall–Kier alpha value is -4.14. The Morgan fingerprint density at radius 1 is 0.658 bits per heavy atom. The first-order valence-corrected chi connectivity index (χ1v) is 12.3. The predicted molar refractivity (Wildman–Crippen MR) is 154 cm³/mol.